The molecule has 0 fully saturated rings. The Bertz CT molecular complexity index is 987. The molecular formula is C24H22F2O4. The third-order valence-electron chi connectivity index (χ3n) is 4.32. The fourth-order valence-electron chi connectivity index (χ4n) is 2.80. The first kappa shape index (κ1) is 21.3. The van der Waals surface area contributed by atoms with Crippen molar-refractivity contribution < 1.29 is 27.8 Å². The monoisotopic (exact) mass is 412 g/mol. The summed E-state index contributed by atoms with van der Waals surface area (Å²) in [4.78, 5) is 11.4. The van der Waals surface area contributed by atoms with Gasteiger partial charge in [-0.1, -0.05) is 24.3 Å². The lowest BCUT2D eigenvalue weighted by Crippen LogP contribution is -2.05. The molecule has 3 aromatic carbocycles. The number of benzene rings is 3. The van der Waals surface area contributed by atoms with Gasteiger partial charge in [-0.15, -0.1) is 0 Å². The minimum atomic E-state index is -0.506. The van der Waals surface area contributed by atoms with Gasteiger partial charge in [-0.05, 0) is 61.4 Å². The van der Waals surface area contributed by atoms with Crippen molar-refractivity contribution in [1.82, 2.24) is 0 Å². The molecule has 0 spiro atoms. The van der Waals surface area contributed by atoms with Gasteiger partial charge in [-0.2, -0.15) is 0 Å². The molecule has 3 rings (SSSR count). The molecule has 3 aromatic rings. The van der Waals surface area contributed by atoms with Gasteiger partial charge in [0.25, 0.3) is 0 Å². The fourth-order valence-corrected chi connectivity index (χ4v) is 2.80. The van der Waals surface area contributed by atoms with E-state index in [9.17, 15) is 13.6 Å². The number of hydrogen-bond donors (Lipinski definition) is 0. The molecule has 0 amide bonds. The molecule has 0 bridgehead atoms. The molecule has 0 atom stereocenters. The largest absolute Gasteiger partial charge is 0.486 e. The lowest BCUT2D eigenvalue weighted by molar-refractivity contribution is -0.143. The van der Waals surface area contributed by atoms with E-state index in [2.05, 4.69) is 0 Å². The molecule has 0 unspecified atom stereocenters. The second-order valence-corrected chi connectivity index (χ2v) is 6.52. The number of para-hydroxylation sites is 1. The molecule has 6 heteroatoms. The third-order valence-corrected chi connectivity index (χ3v) is 4.32. The van der Waals surface area contributed by atoms with Crippen LogP contribution in [0.1, 0.15) is 24.5 Å². The van der Waals surface area contributed by atoms with Crippen molar-refractivity contribution in [2.24, 2.45) is 0 Å². The van der Waals surface area contributed by atoms with Crippen molar-refractivity contribution in [3.63, 3.8) is 0 Å². The minimum absolute atomic E-state index is 0.0937. The summed E-state index contributed by atoms with van der Waals surface area (Å²) in [6.45, 7) is 2.16. The van der Waals surface area contributed by atoms with Crippen molar-refractivity contribution in [3.05, 3.63) is 89.5 Å². The van der Waals surface area contributed by atoms with E-state index in [1.54, 1.807) is 31.2 Å². The molecule has 0 saturated heterocycles. The van der Waals surface area contributed by atoms with Crippen LogP contribution in [0.15, 0.2) is 66.7 Å². The summed E-state index contributed by atoms with van der Waals surface area (Å²) in [5, 5.41) is 0. The third kappa shape index (κ3) is 6.04. The van der Waals surface area contributed by atoms with E-state index in [1.165, 1.54) is 30.3 Å². The molecule has 0 heterocycles. The topological polar surface area (TPSA) is 44.8 Å². The van der Waals surface area contributed by atoms with Crippen LogP contribution in [-0.2, 0) is 22.6 Å². The Morgan fingerprint density at radius 1 is 0.933 bits per heavy atom. The van der Waals surface area contributed by atoms with Gasteiger partial charge >= 0.3 is 5.97 Å². The molecule has 0 aliphatic carbocycles. The number of esters is 1. The number of carbonyl (C=O) groups is 1. The highest BCUT2D eigenvalue weighted by Gasteiger charge is 2.10. The van der Waals surface area contributed by atoms with Crippen LogP contribution in [0.4, 0.5) is 8.78 Å². The van der Waals surface area contributed by atoms with Gasteiger partial charge in [0.05, 0.1) is 6.61 Å². The van der Waals surface area contributed by atoms with Gasteiger partial charge in [0, 0.05) is 12.0 Å². The Kier molecular flexibility index (Phi) is 7.38. The summed E-state index contributed by atoms with van der Waals surface area (Å²) >= 11 is 0. The summed E-state index contributed by atoms with van der Waals surface area (Å²) in [5.74, 6) is -0.0348. The van der Waals surface area contributed by atoms with Crippen LogP contribution < -0.4 is 9.47 Å². The first-order chi connectivity index (χ1) is 14.5. The summed E-state index contributed by atoms with van der Waals surface area (Å²) in [5.41, 5.74) is 1.40. The first-order valence-corrected chi connectivity index (χ1v) is 9.63. The lowest BCUT2D eigenvalue weighted by Gasteiger charge is -2.13. The lowest BCUT2D eigenvalue weighted by atomic mass is 10.1. The normalized spacial score (nSPS) is 10.5. The average Bonchev–Trinajstić information content (AvgIpc) is 2.74. The Morgan fingerprint density at radius 3 is 2.43 bits per heavy atom. The van der Waals surface area contributed by atoms with E-state index in [1.807, 2.05) is 12.1 Å². The predicted molar refractivity (Wildman–Crippen MR) is 109 cm³/mol. The summed E-state index contributed by atoms with van der Waals surface area (Å²) in [6.07, 6.45) is 0.589. The number of aryl methyl sites for hydroxylation is 1. The quantitative estimate of drug-likeness (QED) is 0.415. The summed E-state index contributed by atoms with van der Waals surface area (Å²) < 4.78 is 43.8. The van der Waals surface area contributed by atoms with Gasteiger partial charge < -0.3 is 14.2 Å². The Balaban J connectivity index is 1.63. The smallest absolute Gasteiger partial charge is 0.306 e. The molecule has 30 heavy (non-hydrogen) atoms. The molecule has 0 aliphatic rings. The van der Waals surface area contributed by atoms with Crippen molar-refractivity contribution in [3.8, 4) is 17.2 Å². The van der Waals surface area contributed by atoms with Crippen molar-refractivity contribution in [2.45, 2.75) is 26.4 Å². The van der Waals surface area contributed by atoms with Gasteiger partial charge in [-0.3, -0.25) is 4.79 Å². The zero-order chi connectivity index (χ0) is 21.3. The standard InChI is InChI=1S/C24H22F2O4/c1-2-28-24(27)14-8-17-7-13-23(21(26)15-17)29-16-18-5-3-4-6-22(18)30-20-11-9-19(25)10-12-20/h3-7,9-13,15H,2,8,14,16H2,1H3. The highest BCUT2D eigenvalue weighted by Crippen LogP contribution is 2.27. The van der Waals surface area contributed by atoms with Crippen LogP contribution in [0, 0.1) is 11.6 Å². The first-order valence-electron chi connectivity index (χ1n) is 9.63. The van der Waals surface area contributed by atoms with Crippen LogP contribution in [0.25, 0.3) is 0 Å². The zero-order valence-electron chi connectivity index (χ0n) is 16.6. The number of ether oxygens (including phenoxy) is 3. The maximum atomic E-state index is 14.4. The Labute approximate surface area is 174 Å². The number of halogens is 2. The van der Waals surface area contributed by atoms with Gasteiger partial charge in [0.1, 0.15) is 23.9 Å². The molecule has 156 valence electrons. The maximum Gasteiger partial charge on any atom is 0.306 e. The minimum Gasteiger partial charge on any atom is -0.486 e. The molecule has 0 N–H and O–H groups in total. The Morgan fingerprint density at radius 2 is 1.70 bits per heavy atom. The van der Waals surface area contributed by atoms with Crippen LogP contribution in [0.5, 0.6) is 17.2 Å². The highest BCUT2D eigenvalue weighted by atomic mass is 19.1. The van der Waals surface area contributed by atoms with Crippen LogP contribution >= 0.6 is 0 Å². The molecule has 4 nitrogen and oxygen atoms in total. The second-order valence-electron chi connectivity index (χ2n) is 6.52. The predicted octanol–water partition coefficient (Wildman–Crippen LogP) is 5.83. The van der Waals surface area contributed by atoms with Crippen LogP contribution in [0.3, 0.4) is 0 Å². The van der Waals surface area contributed by atoms with E-state index >= 15 is 0 Å². The summed E-state index contributed by atoms with van der Waals surface area (Å²) in [7, 11) is 0. The maximum absolute atomic E-state index is 14.4. The van der Waals surface area contributed by atoms with Crippen molar-refractivity contribution >= 4 is 5.97 Å². The summed E-state index contributed by atoms with van der Waals surface area (Å²) in [6, 6.07) is 17.5. The van der Waals surface area contributed by atoms with Crippen molar-refractivity contribution in [1.29, 1.82) is 0 Å². The molecule has 0 aliphatic heterocycles. The van der Waals surface area contributed by atoms with E-state index < -0.39 is 5.82 Å². The van der Waals surface area contributed by atoms with Gasteiger partial charge in [0.15, 0.2) is 11.6 Å². The van der Waals surface area contributed by atoms with Gasteiger partial charge in [-0.25, -0.2) is 8.78 Å². The molecule has 0 radical (unpaired) electrons. The fraction of sp³-hybridized carbons (Fsp3) is 0.208. The van der Waals surface area contributed by atoms with E-state index in [4.69, 9.17) is 14.2 Å². The van der Waals surface area contributed by atoms with Crippen LogP contribution in [-0.4, -0.2) is 12.6 Å². The SMILES string of the molecule is CCOC(=O)CCc1ccc(OCc2ccccc2Oc2ccc(F)cc2)c(F)c1. The van der Waals surface area contributed by atoms with Crippen LogP contribution in [0.2, 0.25) is 0 Å². The van der Waals surface area contributed by atoms with E-state index in [0.717, 1.165) is 0 Å². The molecule has 0 aromatic heterocycles. The van der Waals surface area contributed by atoms with E-state index in [-0.39, 0.29) is 30.6 Å². The molecular weight excluding hydrogens is 390 g/mol. The second kappa shape index (κ2) is 10.4. The number of hydrogen-bond acceptors (Lipinski definition) is 4. The van der Waals surface area contributed by atoms with Gasteiger partial charge in [0.2, 0.25) is 0 Å². The number of rotatable bonds is 9. The zero-order valence-corrected chi connectivity index (χ0v) is 16.6. The Hall–Kier alpha value is -3.41. The van der Waals surface area contributed by atoms with Crippen molar-refractivity contribution in [2.75, 3.05) is 6.61 Å². The average molecular weight is 412 g/mol. The highest BCUT2D eigenvalue weighted by molar-refractivity contribution is 5.69. The molecule has 0 saturated carbocycles. The van der Waals surface area contributed by atoms with E-state index in [0.29, 0.717) is 35.7 Å². The number of carbonyl (C=O) groups excluding carboxylic acids is 1.